The normalized spacial score (nSPS) is 12.3. The average Bonchev–Trinajstić information content (AvgIpc) is 2.71. The minimum Gasteiger partial charge on any atom is -0.483 e. The maximum atomic E-state index is 12.8. The first-order valence-corrected chi connectivity index (χ1v) is 10.9. The van der Waals surface area contributed by atoms with Crippen molar-refractivity contribution in [2.24, 2.45) is 0 Å². The molecule has 0 radical (unpaired) electrons. The molecular formula is C26H28BrNO2. The molecule has 3 rings (SSSR count). The predicted octanol–water partition coefficient (Wildman–Crippen LogP) is 6.34. The molecule has 0 fully saturated rings. The zero-order valence-electron chi connectivity index (χ0n) is 17.9. The molecule has 0 saturated carbocycles. The maximum Gasteiger partial charge on any atom is 0.258 e. The Labute approximate surface area is 187 Å². The van der Waals surface area contributed by atoms with Gasteiger partial charge in [0.25, 0.3) is 5.91 Å². The molecule has 1 atom stereocenters. The number of ether oxygens (including phenoxy) is 1. The highest BCUT2D eigenvalue weighted by Crippen LogP contribution is 2.31. The molecular weight excluding hydrogens is 438 g/mol. The average molecular weight is 466 g/mol. The van der Waals surface area contributed by atoms with E-state index in [0.717, 1.165) is 21.2 Å². The molecule has 0 spiro atoms. The van der Waals surface area contributed by atoms with E-state index < -0.39 is 0 Å². The van der Waals surface area contributed by atoms with Crippen molar-refractivity contribution < 1.29 is 9.53 Å². The molecule has 156 valence electrons. The number of carbonyl (C=O) groups excluding carboxylic acids is 1. The van der Waals surface area contributed by atoms with E-state index >= 15 is 0 Å². The Hall–Kier alpha value is -2.59. The summed E-state index contributed by atoms with van der Waals surface area (Å²) in [5.41, 5.74) is 4.50. The first kappa shape index (κ1) is 22.1. The van der Waals surface area contributed by atoms with Crippen LogP contribution in [0.3, 0.4) is 0 Å². The zero-order valence-corrected chi connectivity index (χ0v) is 19.5. The van der Waals surface area contributed by atoms with Crippen LogP contribution < -0.4 is 10.1 Å². The summed E-state index contributed by atoms with van der Waals surface area (Å²) in [6, 6.07) is 23.9. The van der Waals surface area contributed by atoms with E-state index in [1.165, 1.54) is 5.56 Å². The van der Waals surface area contributed by atoms with Gasteiger partial charge in [-0.1, -0.05) is 81.4 Å². The van der Waals surface area contributed by atoms with Gasteiger partial charge in [0.2, 0.25) is 0 Å². The fourth-order valence-corrected chi connectivity index (χ4v) is 3.82. The topological polar surface area (TPSA) is 38.3 Å². The second-order valence-electron chi connectivity index (χ2n) is 8.45. The Morgan fingerprint density at radius 3 is 2.30 bits per heavy atom. The van der Waals surface area contributed by atoms with E-state index in [1.54, 1.807) is 0 Å². The second-order valence-corrected chi connectivity index (χ2v) is 9.31. The van der Waals surface area contributed by atoms with Gasteiger partial charge in [-0.05, 0) is 62.7 Å². The minimum atomic E-state index is -0.227. The van der Waals surface area contributed by atoms with Crippen molar-refractivity contribution in [2.45, 2.75) is 39.2 Å². The van der Waals surface area contributed by atoms with Gasteiger partial charge in [-0.15, -0.1) is 0 Å². The van der Waals surface area contributed by atoms with Crippen LogP contribution in [0.2, 0.25) is 0 Å². The molecule has 1 N–H and O–H groups in total. The van der Waals surface area contributed by atoms with E-state index in [9.17, 15) is 4.79 Å². The van der Waals surface area contributed by atoms with Gasteiger partial charge in [-0.2, -0.15) is 0 Å². The molecule has 1 amide bonds. The Kier molecular flexibility index (Phi) is 6.99. The van der Waals surface area contributed by atoms with E-state index in [-0.39, 0.29) is 24.0 Å². The van der Waals surface area contributed by atoms with Gasteiger partial charge in [0, 0.05) is 0 Å². The van der Waals surface area contributed by atoms with Crippen LogP contribution in [0, 0.1) is 6.92 Å². The zero-order chi connectivity index (χ0) is 21.7. The summed E-state index contributed by atoms with van der Waals surface area (Å²) in [5, 5.41) is 3.14. The fourth-order valence-electron chi connectivity index (χ4n) is 3.33. The summed E-state index contributed by atoms with van der Waals surface area (Å²) < 4.78 is 6.66. The van der Waals surface area contributed by atoms with E-state index in [1.807, 2.05) is 60.7 Å². The highest BCUT2D eigenvalue weighted by molar-refractivity contribution is 9.10. The summed E-state index contributed by atoms with van der Waals surface area (Å²) in [6.07, 6.45) is 0. The van der Waals surface area contributed by atoms with Crippen LogP contribution in [0.25, 0.3) is 0 Å². The molecule has 0 bridgehead atoms. The van der Waals surface area contributed by atoms with Crippen LogP contribution in [-0.4, -0.2) is 12.5 Å². The lowest BCUT2D eigenvalue weighted by Gasteiger charge is -2.22. The SMILES string of the molecule is Cc1ccccc1[C@H](NC(=O)COc1ccc(C(C)(C)C)cc1Br)c1ccccc1. The third kappa shape index (κ3) is 5.51. The van der Waals surface area contributed by atoms with Gasteiger partial charge in [0.05, 0.1) is 10.5 Å². The molecule has 0 aliphatic rings. The second kappa shape index (κ2) is 9.48. The van der Waals surface area contributed by atoms with E-state index in [0.29, 0.717) is 5.75 Å². The summed E-state index contributed by atoms with van der Waals surface area (Å²) in [6.45, 7) is 8.50. The first-order chi connectivity index (χ1) is 14.3. The van der Waals surface area contributed by atoms with Gasteiger partial charge in [0.1, 0.15) is 5.75 Å². The molecule has 30 heavy (non-hydrogen) atoms. The highest BCUT2D eigenvalue weighted by atomic mass is 79.9. The lowest BCUT2D eigenvalue weighted by molar-refractivity contribution is -0.123. The Balaban J connectivity index is 1.74. The number of benzene rings is 3. The van der Waals surface area contributed by atoms with E-state index in [2.05, 4.69) is 61.1 Å². The third-order valence-corrected chi connectivity index (χ3v) is 5.71. The van der Waals surface area contributed by atoms with Crippen molar-refractivity contribution in [1.82, 2.24) is 5.32 Å². The molecule has 3 aromatic rings. The number of carbonyl (C=O) groups is 1. The van der Waals surface area contributed by atoms with Crippen molar-refractivity contribution >= 4 is 21.8 Å². The molecule has 0 saturated heterocycles. The number of rotatable bonds is 6. The van der Waals surface area contributed by atoms with Crippen LogP contribution in [0.4, 0.5) is 0 Å². The smallest absolute Gasteiger partial charge is 0.258 e. The molecule has 0 aliphatic heterocycles. The highest BCUT2D eigenvalue weighted by Gasteiger charge is 2.19. The molecule has 0 aromatic heterocycles. The Morgan fingerprint density at radius 1 is 1.00 bits per heavy atom. The Bertz CT molecular complexity index is 1010. The standard InChI is InChI=1S/C26H28BrNO2/c1-18-10-8-9-13-21(18)25(19-11-6-5-7-12-19)28-24(29)17-30-23-15-14-20(16-22(23)27)26(2,3)4/h5-16,25H,17H2,1-4H3,(H,28,29)/t25-/m1/s1. The van der Waals surface area contributed by atoms with Gasteiger partial charge in [-0.25, -0.2) is 0 Å². The minimum absolute atomic E-state index is 0.0505. The quantitative estimate of drug-likeness (QED) is 0.461. The summed E-state index contributed by atoms with van der Waals surface area (Å²) in [7, 11) is 0. The van der Waals surface area contributed by atoms with Crippen LogP contribution in [-0.2, 0) is 10.2 Å². The largest absolute Gasteiger partial charge is 0.483 e. The van der Waals surface area contributed by atoms with Crippen molar-refractivity contribution in [3.8, 4) is 5.75 Å². The van der Waals surface area contributed by atoms with Crippen molar-refractivity contribution in [2.75, 3.05) is 6.61 Å². The molecule has 0 heterocycles. The first-order valence-electron chi connectivity index (χ1n) is 10.1. The van der Waals surface area contributed by atoms with Crippen molar-refractivity contribution in [3.63, 3.8) is 0 Å². The summed E-state index contributed by atoms with van der Waals surface area (Å²) in [4.78, 5) is 12.8. The third-order valence-electron chi connectivity index (χ3n) is 5.09. The molecule has 3 nitrogen and oxygen atoms in total. The fraction of sp³-hybridized carbons (Fsp3) is 0.269. The van der Waals surface area contributed by atoms with Crippen molar-refractivity contribution in [1.29, 1.82) is 0 Å². The summed E-state index contributed by atoms with van der Waals surface area (Å²) in [5.74, 6) is 0.490. The molecule has 4 heteroatoms. The maximum absolute atomic E-state index is 12.8. The van der Waals surface area contributed by atoms with Crippen LogP contribution in [0.15, 0.2) is 77.3 Å². The lowest BCUT2D eigenvalue weighted by atomic mass is 9.87. The number of hydrogen-bond donors (Lipinski definition) is 1. The van der Waals surface area contributed by atoms with Gasteiger partial charge >= 0.3 is 0 Å². The van der Waals surface area contributed by atoms with Crippen LogP contribution in [0.1, 0.15) is 49.1 Å². The van der Waals surface area contributed by atoms with Gasteiger partial charge in [0.15, 0.2) is 6.61 Å². The van der Waals surface area contributed by atoms with Crippen LogP contribution >= 0.6 is 15.9 Å². The van der Waals surface area contributed by atoms with Gasteiger partial charge in [-0.3, -0.25) is 4.79 Å². The number of amides is 1. The number of nitrogens with one attached hydrogen (secondary N) is 1. The predicted molar refractivity (Wildman–Crippen MR) is 126 cm³/mol. The monoisotopic (exact) mass is 465 g/mol. The molecule has 0 unspecified atom stereocenters. The number of hydrogen-bond acceptors (Lipinski definition) is 2. The van der Waals surface area contributed by atoms with Crippen LogP contribution in [0.5, 0.6) is 5.75 Å². The lowest BCUT2D eigenvalue weighted by Crippen LogP contribution is -2.33. The molecule has 0 aliphatic carbocycles. The molecule has 3 aromatic carbocycles. The summed E-state index contributed by atoms with van der Waals surface area (Å²) >= 11 is 3.57. The van der Waals surface area contributed by atoms with Crippen molar-refractivity contribution in [3.05, 3.63) is 99.5 Å². The number of halogens is 1. The Morgan fingerprint density at radius 2 is 1.67 bits per heavy atom. The van der Waals surface area contributed by atoms with E-state index in [4.69, 9.17) is 4.74 Å². The van der Waals surface area contributed by atoms with Gasteiger partial charge < -0.3 is 10.1 Å². The number of aryl methyl sites for hydroxylation is 1.